The highest BCUT2D eigenvalue weighted by Crippen LogP contribution is 2.29. The lowest BCUT2D eigenvalue weighted by molar-refractivity contribution is 0.105. The van der Waals surface area contributed by atoms with Crippen LogP contribution in [-0.4, -0.2) is 12.9 Å². The summed E-state index contributed by atoms with van der Waals surface area (Å²) in [4.78, 5) is 14.4. The standard InChI is InChI=1S/C24H24O3S/c1-3-7-20-12-15-24(28-20)21(25)13-10-18-11-14-22(23(16-18)26-2)27-17-19-8-5-4-6-9-19/h4-6,8-16H,3,7,17H2,1-2H3/b13-10+. The lowest BCUT2D eigenvalue weighted by Crippen LogP contribution is -1.97. The van der Waals surface area contributed by atoms with Gasteiger partial charge in [-0.1, -0.05) is 55.8 Å². The van der Waals surface area contributed by atoms with Crippen molar-refractivity contribution in [2.24, 2.45) is 0 Å². The van der Waals surface area contributed by atoms with Crippen LogP contribution in [0.1, 0.15) is 39.0 Å². The fourth-order valence-electron chi connectivity index (χ4n) is 2.79. The normalized spacial score (nSPS) is 10.9. The molecule has 3 rings (SSSR count). The van der Waals surface area contributed by atoms with Crippen molar-refractivity contribution in [2.45, 2.75) is 26.4 Å². The van der Waals surface area contributed by atoms with Gasteiger partial charge in [-0.15, -0.1) is 11.3 Å². The smallest absolute Gasteiger partial charge is 0.195 e. The van der Waals surface area contributed by atoms with Gasteiger partial charge in [-0.05, 0) is 47.9 Å². The van der Waals surface area contributed by atoms with Gasteiger partial charge in [0.05, 0.1) is 12.0 Å². The molecule has 3 nitrogen and oxygen atoms in total. The third-order valence-corrected chi connectivity index (χ3v) is 5.41. The second-order valence-electron chi connectivity index (χ2n) is 6.40. The Bertz CT molecular complexity index is 941. The van der Waals surface area contributed by atoms with Crippen LogP contribution in [0.4, 0.5) is 0 Å². The number of benzene rings is 2. The number of hydrogen-bond acceptors (Lipinski definition) is 4. The second kappa shape index (κ2) is 9.90. The van der Waals surface area contributed by atoms with E-state index in [1.165, 1.54) is 4.88 Å². The largest absolute Gasteiger partial charge is 0.493 e. The van der Waals surface area contributed by atoms with Crippen LogP contribution in [0.5, 0.6) is 11.5 Å². The van der Waals surface area contributed by atoms with Gasteiger partial charge in [-0.2, -0.15) is 0 Å². The molecule has 0 unspecified atom stereocenters. The molecule has 0 aliphatic carbocycles. The first-order valence-electron chi connectivity index (χ1n) is 9.35. The number of carbonyl (C=O) groups excluding carboxylic acids is 1. The SMILES string of the molecule is CCCc1ccc(C(=O)/C=C/c2ccc(OCc3ccccc3)c(OC)c2)s1. The summed E-state index contributed by atoms with van der Waals surface area (Å²) in [6.45, 7) is 2.62. The van der Waals surface area contributed by atoms with Crippen molar-refractivity contribution in [1.29, 1.82) is 0 Å². The summed E-state index contributed by atoms with van der Waals surface area (Å²) in [7, 11) is 1.62. The molecule has 144 valence electrons. The monoisotopic (exact) mass is 392 g/mol. The van der Waals surface area contributed by atoms with E-state index in [0.717, 1.165) is 28.8 Å². The highest BCUT2D eigenvalue weighted by atomic mass is 32.1. The minimum Gasteiger partial charge on any atom is -0.493 e. The quantitative estimate of drug-likeness (QED) is 0.322. The molecule has 3 aromatic rings. The van der Waals surface area contributed by atoms with Crippen LogP contribution in [-0.2, 0) is 13.0 Å². The van der Waals surface area contributed by atoms with E-state index >= 15 is 0 Å². The first-order valence-corrected chi connectivity index (χ1v) is 10.2. The van der Waals surface area contributed by atoms with Crippen molar-refractivity contribution in [1.82, 2.24) is 0 Å². The Hall–Kier alpha value is -2.85. The highest BCUT2D eigenvalue weighted by molar-refractivity contribution is 7.14. The number of aryl methyl sites for hydroxylation is 1. The topological polar surface area (TPSA) is 35.5 Å². The number of ketones is 1. The average molecular weight is 393 g/mol. The number of carbonyl (C=O) groups is 1. The molecule has 0 bridgehead atoms. The molecule has 0 N–H and O–H groups in total. The molecule has 0 radical (unpaired) electrons. The highest BCUT2D eigenvalue weighted by Gasteiger charge is 2.08. The van der Waals surface area contributed by atoms with Gasteiger partial charge < -0.3 is 9.47 Å². The van der Waals surface area contributed by atoms with E-state index in [1.54, 1.807) is 24.5 Å². The minimum atomic E-state index is 0.0238. The van der Waals surface area contributed by atoms with E-state index in [-0.39, 0.29) is 5.78 Å². The van der Waals surface area contributed by atoms with E-state index < -0.39 is 0 Å². The summed E-state index contributed by atoms with van der Waals surface area (Å²) in [6, 6.07) is 19.6. The van der Waals surface area contributed by atoms with Gasteiger partial charge in [0.1, 0.15) is 6.61 Å². The van der Waals surface area contributed by atoms with Crippen LogP contribution >= 0.6 is 11.3 Å². The fourth-order valence-corrected chi connectivity index (χ4v) is 3.82. The molecule has 0 fully saturated rings. The minimum absolute atomic E-state index is 0.0238. The number of ether oxygens (including phenoxy) is 2. The Morgan fingerprint density at radius 2 is 1.86 bits per heavy atom. The van der Waals surface area contributed by atoms with E-state index in [4.69, 9.17) is 9.47 Å². The van der Waals surface area contributed by atoms with Crippen LogP contribution in [0.2, 0.25) is 0 Å². The van der Waals surface area contributed by atoms with Crippen LogP contribution < -0.4 is 9.47 Å². The van der Waals surface area contributed by atoms with Crippen molar-refractivity contribution in [2.75, 3.05) is 7.11 Å². The lowest BCUT2D eigenvalue weighted by Gasteiger charge is -2.11. The summed E-state index contributed by atoms with van der Waals surface area (Å²) in [6.07, 6.45) is 5.53. The molecule has 1 heterocycles. The zero-order valence-corrected chi connectivity index (χ0v) is 17.0. The van der Waals surface area contributed by atoms with Crippen molar-refractivity contribution >= 4 is 23.2 Å². The van der Waals surface area contributed by atoms with Crippen molar-refractivity contribution in [3.8, 4) is 11.5 Å². The van der Waals surface area contributed by atoms with Crippen molar-refractivity contribution < 1.29 is 14.3 Å². The van der Waals surface area contributed by atoms with Crippen LogP contribution in [0.3, 0.4) is 0 Å². The Morgan fingerprint density at radius 3 is 2.61 bits per heavy atom. The van der Waals surface area contributed by atoms with Gasteiger partial charge >= 0.3 is 0 Å². The molecule has 0 aliphatic heterocycles. The van der Waals surface area contributed by atoms with Crippen LogP contribution in [0, 0.1) is 0 Å². The predicted molar refractivity (Wildman–Crippen MR) is 115 cm³/mol. The maximum Gasteiger partial charge on any atom is 0.195 e. The second-order valence-corrected chi connectivity index (χ2v) is 7.57. The van der Waals surface area contributed by atoms with Gasteiger partial charge in [0.2, 0.25) is 0 Å². The first-order chi connectivity index (χ1) is 13.7. The summed E-state index contributed by atoms with van der Waals surface area (Å²) in [5.74, 6) is 1.35. The molecule has 0 amide bonds. The van der Waals surface area contributed by atoms with Gasteiger partial charge in [0.15, 0.2) is 17.3 Å². The summed E-state index contributed by atoms with van der Waals surface area (Å²) in [5.41, 5.74) is 1.99. The molecular formula is C24H24O3S. The molecule has 0 aliphatic rings. The third kappa shape index (κ3) is 5.33. The van der Waals surface area contributed by atoms with Gasteiger partial charge in [0.25, 0.3) is 0 Å². The van der Waals surface area contributed by atoms with E-state index in [0.29, 0.717) is 18.1 Å². The van der Waals surface area contributed by atoms with E-state index in [2.05, 4.69) is 6.92 Å². The zero-order chi connectivity index (χ0) is 19.8. The van der Waals surface area contributed by atoms with Gasteiger partial charge in [0, 0.05) is 4.88 Å². The average Bonchev–Trinajstić information content (AvgIpc) is 3.20. The number of rotatable bonds is 9. The van der Waals surface area contributed by atoms with Gasteiger partial charge in [-0.3, -0.25) is 4.79 Å². The summed E-state index contributed by atoms with van der Waals surface area (Å²) >= 11 is 1.57. The maximum atomic E-state index is 12.4. The van der Waals surface area contributed by atoms with Crippen molar-refractivity contribution in [3.63, 3.8) is 0 Å². The molecular weight excluding hydrogens is 368 g/mol. The predicted octanol–water partition coefficient (Wildman–Crippen LogP) is 6.18. The molecule has 28 heavy (non-hydrogen) atoms. The summed E-state index contributed by atoms with van der Waals surface area (Å²) < 4.78 is 11.3. The Morgan fingerprint density at radius 1 is 1.04 bits per heavy atom. The number of allylic oxidation sites excluding steroid dienone is 1. The number of hydrogen-bond donors (Lipinski definition) is 0. The Kier molecular flexibility index (Phi) is 7.04. The molecule has 0 saturated carbocycles. The zero-order valence-electron chi connectivity index (χ0n) is 16.2. The van der Waals surface area contributed by atoms with Crippen molar-refractivity contribution in [3.05, 3.63) is 87.6 Å². The molecule has 0 atom stereocenters. The van der Waals surface area contributed by atoms with Crippen LogP contribution in [0.15, 0.2) is 66.7 Å². The van der Waals surface area contributed by atoms with Gasteiger partial charge in [-0.25, -0.2) is 0 Å². The van der Waals surface area contributed by atoms with E-state index in [9.17, 15) is 4.79 Å². The molecule has 1 aromatic heterocycles. The maximum absolute atomic E-state index is 12.4. The fraction of sp³-hybridized carbons (Fsp3) is 0.208. The molecule has 0 spiro atoms. The third-order valence-electron chi connectivity index (χ3n) is 4.25. The lowest BCUT2D eigenvalue weighted by atomic mass is 10.1. The molecule has 4 heteroatoms. The Balaban J connectivity index is 1.66. The Labute approximate surface area is 170 Å². The molecule has 0 saturated heterocycles. The van der Waals surface area contributed by atoms with E-state index in [1.807, 2.05) is 66.7 Å². The van der Waals surface area contributed by atoms with Crippen LogP contribution in [0.25, 0.3) is 6.08 Å². The first kappa shape index (κ1) is 19.9. The molecule has 2 aromatic carbocycles. The number of methoxy groups -OCH3 is 1. The number of thiophene rings is 1. The summed E-state index contributed by atoms with van der Waals surface area (Å²) in [5, 5.41) is 0.